The molecule has 1 unspecified atom stereocenters. The van der Waals surface area contributed by atoms with E-state index in [1.807, 2.05) is 0 Å². The Kier molecular flexibility index (Phi) is 4.10. The van der Waals surface area contributed by atoms with E-state index in [9.17, 15) is 18.4 Å². The second-order valence-electron chi connectivity index (χ2n) is 2.96. The molecule has 0 saturated heterocycles. The normalized spacial score (nSPS) is 11.9. The fourth-order valence-corrected chi connectivity index (χ4v) is 1.12. The number of carbonyl (C=O) groups is 2. The number of benzene rings is 1. The van der Waals surface area contributed by atoms with Crippen molar-refractivity contribution in [3.8, 4) is 0 Å². The summed E-state index contributed by atoms with van der Waals surface area (Å²) in [4.78, 5) is 22.3. The van der Waals surface area contributed by atoms with Gasteiger partial charge in [0.25, 0.3) is 6.17 Å². The molecule has 0 aliphatic rings. The standard InChI is InChI=1S/C11H10F2O3/c1-2-16-11(15)9(13)10(14)7-5-3-4-6-8(7)12/h3-6,9H,2H2,1H3. The van der Waals surface area contributed by atoms with Gasteiger partial charge in [-0.25, -0.2) is 13.6 Å². The maximum atomic E-state index is 13.3. The van der Waals surface area contributed by atoms with Gasteiger partial charge in [-0.15, -0.1) is 0 Å². The molecule has 5 heteroatoms. The molecule has 16 heavy (non-hydrogen) atoms. The maximum absolute atomic E-state index is 13.3. The molecular weight excluding hydrogens is 218 g/mol. The molecule has 0 aliphatic heterocycles. The Bertz CT molecular complexity index is 404. The molecule has 86 valence electrons. The zero-order valence-electron chi connectivity index (χ0n) is 8.57. The highest BCUT2D eigenvalue weighted by Gasteiger charge is 2.29. The van der Waals surface area contributed by atoms with Gasteiger partial charge < -0.3 is 4.74 Å². The van der Waals surface area contributed by atoms with E-state index in [0.29, 0.717) is 0 Å². The van der Waals surface area contributed by atoms with Gasteiger partial charge in [0.05, 0.1) is 12.2 Å². The van der Waals surface area contributed by atoms with Crippen LogP contribution in [0.5, 0.6) is 0 Å². The molecule has 1 atom stereocenters. The zero-order valence-corrected chi connectivity index (χ0v) is 8.57. The Morgan fingerprint density at radius 3 is 2.56 bits per heavy atom. The lowest BCUT2D eigenvalue weighted by atomic mass is 10.1. The van der Waals surface area contributed by atoms with E-state index in [-0.39, 0.29) is 6.61 Å². The Labute approximate surface area is 91.0 Å². The molecule has 0 N–H and O–H groups in total. The number of ether oxygens (including phenoxy) is 1. The minimum absolute atomic E-state index is 0.0379. The summed E-state index contributed by atoms with van der Waals surface area (Å²) in [6.07, 6.45) is -2.48. The largest absolute Gasteiger partial charge is 0.463 e. The van der Waals surface area contributed by atoms with Gasteiger partial charge in [0.2, 0.25) is 5.78 Å². The highest BCUT2D eigenvalue weighted by atomic mass is 19.1. The van der Waals surface area contributed by atoms with Gasteiger partial charge in [-0.3, -0.25) is 4.79 Å². The van der Waals surface area contributed by atoms with E-state index in [0.717, 1.165) is 12.1 Å². The van der Waals surface area contributed by atoms with E-state index in [1.165, 1.54) is 19.1 Å². The average molecular weight is 228 g/mol. The Morgan fingerprint density at radius 1 is 1.38 bits per heavy atom. The summed E-state index contributed by atoms with van der Waals surface area (Å²) >= 11 is 0. The van der Waals surface area contributed by atoms with Crippen molar-refractivity contribution in [1.82, 2.24) is 0 Å². The van der Waals surface area contributed by atoms with Crippen molar-refractivity contribution in [3.05, 3.63) is 35.6 Å². The summed E-state index contributed by atoms with van der Waals surface area (Å²) in [5.41, 5.74) is -0.456. The van der Waals surface area contributed by atoms with Gasteiger partial charge in [-0.2, -0.15) is 0 Å². The molecule has 0 heterocycles. The van der Waals surface area contributed by atoms with E-state index < -0.39 is 29.3 Å². The van der Waals surface area contributed by atoms with Crippen LogP contribution in [0.4, 0.5) is 8.78 Å². The lowest BCUT2D eigenvalue weighted by Gasteiger charge is -2.07. The van der Waals surface area contributed by atoms with Crippen LogP contribution in [0.15, 0.2) is 24.3 Å². The van der Waals surface area contributed by atoms with E-state index in [2.05, 4.69) is 4.74 Å². The number of halogens is 2. The predicted molar refractivity (Wildman–Crippen MR) is 52.3 cm³/mol. The van der Waals surface area contributed by atoms with Crippen LogP contribution in [0.25, 0.3) is 0 Å². The van der Waals surface area contributed by atoms with Crippen molar-refractivity contribution in [2.24, 2.45) is 0 Å². The van der Waals surface area contributed by atoms with E-state index >= 15 is 0 Å². The summed E-state index contributed by atoms with van der Waals surface area (Å²) in [5.74, 6) is -3.38. The number of hydrogen-bond acceptors (Lipinski definition) is 3. The Balaban J connectivity index is 2.86. The van der Waals surface area contributed by atoms with Gasteiger partial charge in [-0.05, 0) is 19.1 Å². The lowest BCUT2D eigenvalue weighted by molar-refractivity contribution is -0.147. The molecule has 0 fully saturated rings. The topological polar surface area (TPSA) is 43.4 Å². The minimum atomic E-state index is -2.48. The third-order valence-electron chi connectivity index (χ3n) is 1.86. The molecular formula is C11H10F2O3. The smallest absolute Gasteiger partial charge is 0.349 e. The number of alkyl halides is 1. The maximum Gasteiger partial charge on any atom is 0.349 e. The van der Waals surface area contributed by atoms with Gasteiger partial charge in [0.1, 0.15) is 5.82 Å². The molecule has 0 saturated carbocycles. The van der Waals surface area contributed by atoms with Crippen LogP contribution < -0.4 is 0 Å². The van der Waals surface area contributed by atoms with Gasteiger partial charge >= 0.3 is 5.97 Å². The average Bonchev–Trinajstić information content (AvgIpc) is 2.28. The van der Waals surface area contributed by atoms with Crippen molar-refractivity contribution in [2.75, 3.05) is 6.61 Å². The molecule has 0 aromatic heterocycles. The van der Waals surface area contributed by atoms with Crippen LogP contribution in [0.3, 0.4) is 0 Å². The number of esters is 1. The monoisotopic (exact) mass is 228 g/mol. The van der Waals surface area contributed by atoms with Crippen LogP contribution in [0.2, 0.25) is 0 Å². The van der Waals surface area contributed by atoms with Gasteiger partial charge in [0, 0.05) is 0 Å². The third-order valence-corrected chi connectivity index (χ3v) is 1.86. The summed E-state index contributed by atoms with van der Waals surface area (Å²) < 4.78 is 30.7. The van der Waals surface area contributed by atoms with Crippen molar-refractivity contribution in [1.29, 1.82) is 0 Å². The Morgan fingerprint density at radius 2 is 2.00 bits per heavy atom. The molecule has 0 bridgehead atoms. The lowest BCUT2D eigenvalue weighted by Crippen LogP contribution is -2.28. The number of Topliss-reactive ketones (excluding diaryl/α,β-unsaturated/α-hetero) is 1. The fraction of sp³-hybridized carbons (Fsp3) is 0.273. The van der Waals surface area contributed by atoms with E-state index in [1.54, 1.807) is 0 Å². The number of rotatable bonds is 4. The zero-order chi connectivity index (χ0) is 12.1. The van der Waals surface area contributed by atoms with Crippen molar-refractivity contribution >= 4 is 11.8 Å². The first-order valence-electron chi connectivity index (χ1n) is 4.67. The second kappa shape index (κ2) is 5.34. The first-order chi connectivity index (χ1) is 7.57. The van der Waals surface area contributed by atoms with Crippen LogP contribution >= 0.6 is 0 Å². The van der Waals surface area contributed by atoms with Gasteiger partial charge in [0.15, 0.2) is 0 Å². The van der Waals surface area contributed by atoms with E-state index in [4.69, 9.17) is 0 Å². The summed E-state index contributed by atoms with van der Waals surface area (Å²) in [7, 11) is 0. The van der Waals surface area contributed by atoms with Crippen LogP contribution in [0.1, 0.15) is 17.3 Å². The molecule has 1 aromatic carbocycles. The summed E-state index contributed by atoms with van der Waals surface area (Å²) in [6, 6.07) is 4.88. The van der Waals surface area contributed by atoms with Crippen LogP contribution in [-0.2, 0) is 9.53 Å². The Hall–Kier alpha value is -1.78. The number of ketones is 1. The van der Waals surface area contributed by atoms with Gasteiger partial charge in [-0.1, -0.05) is 12.1 Å². The quantitative estimate of drug-likeness (QED) is 0.449. The minimum Gasteiger partial charge on any atom is -0.463 e. The van der Waals surface area contributed by atoms with Crippen LogP contribution in [-0.4, -0.2) is 24.5 Å². The first-order valence-corrected chi connectivity index (χ1v) is 4.67. The SMILES string of the molecule is CCOC(=O)C(F)C(=O)c1ccccc1F. The first kappa shape index (κ1) is 12.3. The van der Waals surface area contributed by atoms with Crippen molar-refractivity contribution in [2.45, 2.75) is 13.1 Å². The summed E-state index contributed by atoms with van der Waals surface area (Å²) in [6.45, 7) is 1.45. The highest BCUT2D eigenvalue weighted by molar-refractivity contribution is 6.11. The molecule has 0 aliphatic carbocycles. The van der Waals surface area contributed by atoms with Crippen LogP contribution in [0, 0.1) is 5.82 Å². The molecule has 0 amide bonds. The highest BCUT2D eigenvalue weighted by Crippen LogP contribution is 2.12. The molecule has 0 radical (unpaired) electrons. The third kappa shape index (κ3) is 2.62. The molecule has 1 rings (SSSR count). The van der Waals surface area contributed by atoms with Crippen molar-refractivity contribution in [3.63, 3.8) is 0 Å². The molecule has 0 spiro atoms. The fourth-order valence-electron chi connectivity index (χ4n) is 1.12. The number of carbonyl (C=O) groups excluding carboxylic acids is 2. The predicted octanol–water partition coefficient (Wildman–Crippen LogP) is 1.91. The second-order valence-corrected chi connectivity index (χ2v) is 2.96. The molecule has 1 aromatic rings. The summed E-state index contributed by atoms with van der Waals surface area (Å²) in [5, 5.41) is 0. The number of hydrogen-bond donors (Lipinski definition) is 0. The van der Waals surface area contributed by atoms with Crippen molar-refractivity contribution < 1.29 is 23.1 Å². The molecule has 3 nitrogen and oxygen atoms in total.